The van der Waals surface area contributed by atoms with Gasteiger partial charge in [-0.1, -0.05) is 97.1 Å². The molecular formula is C34H30O2. The molecule has 0 heterocycles. The first-order valence-corrected chi connectivity index (χ1v) is 12.8. The van der Waals surface area contributed by atoms with E-state index < -0.39 is 0 Å². The smallest absolute Gasteiger partial charge is 0.0728 e. The highest BCUT2D eigenvalue weighted by Gasteiger charge is 2.09. The monoisotopic (exact) mass is 470 g/mol. The Kier molecular flexibility index (Phi) is 6.62. The van der Waals surface area contributed by atoms with Crippen molar-refractivity contribution in [2.24, 2.45) is 0 Å². The third-order valence-electron chi connectivity index (χ3n) is 7.09. The van der Waals surface area contributed by atoms with Crippen LogP contribution in [0.25, 0.3) is 43.1 Å². The van der Waals surface area contributed by atoms with Crippen LogP contribution in [0.4, 0.5) is 0 Å². The summed E-state index contributed by atoms with van der Waals surface area (Å²) in [5.41, 5.74) is 2.56. The summed E-state index contributed by atoms with van der Waals surface area (Å²) in [5, 5.41) is 10.2. The van der Waals surface area contributed by atoms with Gasteiger partial charge < -0.3 is 9.47 Å². The predicted octanol–water partition coefficient (Wildman–Crippen LogP) is 8.81. The van der Waals surface area contributed by atoms with Gasteiger partial charge in [-0.05, 0) is 79.2 Å². The van der Waals surface area contributed by atoms with Crippen LogP contribution in [0.5, 0.6) is 0 Å². The van der Waals surface area contributed by atoms with Crippen LogP contribution < -0.4 is 0 Å². The summed E-state index contributed by atoms with van der Waals surface area (Å²) >= 11 is 0. The van der Waals surface area contributed by atoms with Crippen molar-refractivity contribution in [3.8, 4) is 0 Å². The van der Waals surface area contributed by atoms with Gasteiger partial charge in [-0.15, -0.1) is 0 Å². The van der Waals surface area contributed by atoms with E-state index in [2.05, 4.69) is 109 Å². The van der Waals surface area contributed by atoms with Crippen LogP contribution in [-0.2, 0) is 22.7 Å². The van der Waals surface area contributed by atoms with Crippen LogP contribution in [0, 0.1) is 0 Å². The molecule has 0 aromatic heterocycles. The number of unbranched alkanes of at least 4 members (excludes halogenated alkanes) is 1. The molecule has 0 bridgehead atoms. The molecule has 0 fully saturated rings. The van der Waals surface area contributed by atoms with Crippen LogP contribution in [0.3, 0.4) is 0 Å². The summed E-state index contributed by atoms with van der Waals surface area (Å²) in [6.45, 7) is 2.73. The van der Waals surface area contributed by atoms with Crippen LogP contribution in [0.2, 0.25) is 0 Å². The van der Waals surface area contributed by atoms with E-state index in [9.17, 15) is 0 Å². The van der Waals surface area contributed by atoms with Crippen molar-refractivity contribution in [1.82, 2.24) is 0 Å². The lowest BCUT2D eigenvalue weighted by molar-refractivity contribution is 0.0913. The molecule has 36 heavy (non-hydrogen) atoms. The molecule has 0 aliphatic heterocycles. The summed E-state index contributed by atoms with van der Waals surface area (Å²) in [4.78, 5) is 0. The average Bonchev–Trinajstić information content (AvgIpc) is 2.93. The minimum atomic E-state index is 0.630. The molecule has 0 N–H and O–H groups in total. The molecule has 178 valence electrons. The first-order valence-electron chi connectivity index (χ1n) is 12.8. The Morgan fingerprint density at radius 2 is 0.694 bits per heavy atom. The summed E-state index contributed by atoms with van der Waals surface area (Å²) in [5.74, 6) is 0. The number of ether oxygens (including phenoxy) is 2. The second-order valence-electron chi connectivity index (χ2n) is 9.41. The van der Waals surface area contributed by atoms with Crippen molar-refractivity contribution in [3.63, 3.8) is 0 Å². The molecule has 6 aromatic rings. The molecule has 0 spiro atoms. The third-order valence-corrected chi connectivity index (χ3v) is 7.09. The van der Waals surface area contributed by atoms with Gasteiger partial charge in [0.1, 0.15) is 0 Å². The third kappa shape index (κ3) is 4.58. The molecular weight excluding hydrogens is 440 g/mol. The maximum atomic E-state index is 6.16. The Bertz CT molecular complexity index is 1420. The van der Waals surface area contributed by atoms with E-state index in [4.69, 9.17) is 9.47 Å². The fraction of sp³-hybridized carbons (Fsp3) is 0.176. The van der Waals surface area contributed by atoms with Crippen LogP contribution in [0.15, 0.2) is 109 Å². The van der Waals surface area contributed by atoms with E-state index >= 15 is 0 Å². The van der Waals surface area contributed by atoms with E-state index in [0.717, 1.165) is 26.1 Å². The van der Waals surface area contributed by atoms with Gasteiger partial charge in [0.2, 0.25) is 0 Å². The Morgan fingerprint density at radius 3 is 1.03 bits per heavy atom. The molecule has 0 saturated heterocycles. The second-order valence-corrected chi connectivity index (χ2v) is 9.41. The topological polar surface area (TPSA) is 18.5 Å². The van der Waals surface area contributed by atoms with Crippen molar-refractivity contribution >= 4 is 43.1 Å². The van der Waals surface area contributed by atoms with Gasteiger partial charge in [0.25, 0.3) is 0 Å². The number of hydrogen-bond donors (Lipinski definition) is 0. The molecule has 0 amide bonds. The van der Waals surface area contributed by atoms with E-state index in [1.54, 1.807) is 0 Å². The van der Waals surface area contributed by atoms with Crippen LogP contribution in [-0.4, -0.2) is 13.2 Å². The van der Waals surface area contributed by atoms with Gasteiger partial charge in [0.15, 0.2) is 0 Å². The quantitative estimate of drug-likeness (QED) is 0.155. The number of fused-ring (bicyclic) bond motifs is 4. The largest absolute Gasteiger partial charge is 0.377 e. The van der Waals surface area contributed by atoms with Gasteiger partial charge >= 0.3 is 0 Å². The predicted molar refractivity (Wildman–Crippen MR) is 151 cm³/mol. The summed E-state index contributed by atoms with van der Waals surface area (Å²) in [6, 6.07) is 38.9. The molecule has 0 unspecified atom stereocenters. The number of rotatable bonds is 9. The van der Waals surface area contributed by atoms with Crippen molar-refractivity contribution in [2.45, 2.75) is 26.1 Å². The molecule has 0 aliphatic carbocycles. The lowest BCUT2D eigenvalue weighted by atomic mass is 9.97. The SMILES string of the molecule is c1ccc2c(COCCCCOCc3c4ccccc4cc4ccccc34)c3ccccc3cc2c1. The van der Waals surface area contributed by atoms with Crippen molar-refractivity contribution in [1.29, 1.82) is 0 Å². The van der Waals surface area contributed by atoms with Gasteiger partial charge in [0.05, 0.1) is 13.2 Å². The molecule has 0 atom stereocenters. The second kappa shape index (κ2) is 10.5. The normalized spacial score (nSPS) is 11.7. The van der Waals surface area contributed by atoms with E-state index in [-0.39, 0.29) is 0 Å². The van der Waals surface area contributed by atoms with Gasteiger partial charge in [-0.2, -0.15) is 0 Å². The fourth-order valence-corrected chi connectivity index (χ4v) is 5.28. The van der Waals surface area contributed by atoms with E-state index in [1.807, 2.05) is 0 Å². The fourth-order valence-electron chi connectivity index (χ4n) is 5.28. The Morgan fingerprint density at radius 1 is 0.389 bits per heavy atom. The van der Waals surface area contributed by atoms with Gasteiger partial charge in [0, 0.05) is 13.2 Å². The van der Waals surface area contributed by atoms with Crippen molar-refractivity contribution in [3.05, 3.63) is 120 Å². The zero-order valence-electron chi connectivity index (χ0n) is 20.5. The average molecular weight is 471 g/mol. The first-order chi connectivity index (χ1) is 17.9. The van der Waals surface area contributed by atoms with Gasteiger partial charge in [-0.25, -0.2) is 0 Å². The molecule has 0 aliphatic rings. The van der Waals surface area contributed by atoms with Crippen molar-refractivity contribution < 1.29 is 9.47 Å². The minimum Gasteiger partial charge on any atom is -0.377 e. The molecule has 2 heteroatoms. The van der Waals surface area contributed by atoms with E-state index in [1.165, 1.54) is 54.2 Å². The first kappa shape index (κ1) is 22.7. The number of benzene rings is 6. The maximum absolute atomic E-state index is 6.16. The molecule has 2 nitrogen and oxygen atoms in total. The van der Waals surface area contributed by atoms with Gasteiger partial charge in [-0.3, -0.25) is 0 Å². The standard InChI is InChI=1S/C34H30O2/c1-5-15-29-25(11-1)21-26-12-2-6-16-30(26)33(29)23-35-19-9-10-20-36-24-34-31-17-7-3-13-27(31)22-28-14-4-8-18-32(28)34/h1-8,11-18,21-22H,9-10,19-20,23-24H2. The van der Waals surface area contributed by atoms with Crippen LogP contribution >= 0.6 is 0 Å². The Hall–Kier alpha value is -3.72. The summed E-state index contributed by atoms with van der Waals surface area (Å²) < 4.78 is 12.3. The zero-order valence-corrected chi connectivity index (χ0v) is 20.5. The van der Waals surface area contributed by atoms with Crippen molar-refractivity contribution in [2.75, 3.05) is 13.2 Å². The summed E-state index contributed by atoms with van der Waals surface area (Å²) in [7, 11) is 0. The maximum Gasteiger partial charge on any atom is 0.0728 e. The minimum absolute atomic E-state index is 0.630. The molecule has 0 radical (unpaired) electrons. The lowest BCUT2D eigenvalue weighted by Gasteiger charge is -2.13. The molecule has 6 rings (SSSR count). The highest BCUT2D eigenvalue weighted by atomic mass is 16.5. The number of hydrogen-bond acceptors (Lipinski definition) is 2. The van der Waals surface area contributed by atoms with E-state index in [0.29, 0.717) is 13.2 Å². The molecule has 6 aromatic carbocycles. The Labute approximate surface area is 212 Å². The highest BCUT2D eigenvalue weighted by molar-refractivity contribution is 6.03. The van der Waals surface area contributed by atoms with Crippen LogP contribution in [0.1, 0.15) is 24.0 Å². The zero-order chi connectivity index (χ0) is 24.2. The highest BCUT2D eigenvalue weighted by Crippen LogP contribution is 2.30. The Balaban J connectivity index is 1.05. The lowest BCUT2D eigenvalue weighted by Crippen LogP contribution is -2.01. The molecule has 0 saturated carbocycles. The summed E-state index contributed by atoms with van der Waals surface area (Å²) in [6.07, 6.45) is 1.97.